The summed E-state index contributed by atoms with van der Waals surface area (Å²) < 4.78 is 32.6. The molecule has 0 aliphatic heterocycles. The lowest BCUT2D eigenvalue weighted by Gasteiger charge is -2.19. The van der Waals surface area contributed by atoms with E-state index in [1.165, 1.54) is 0 Å². The number of unbranched alkanes of at least 4 members (excludes halogenated alkanes) is 6. The second kappa shape index (κ2) is 43.0. The quantitative estimate of drug-likeness (QED) is 0.0284. The van der Waals surface area contributed by atoms with Crippen LogP contribution in [0.25, 0.3) is 0 Å². The standard InChI is InChI=1S/C49H77O8P/c1-4-7-9-11-13-15-17-19-21-23-25-27-29-31-33-35-37-39-41-43-48(50)54-45-47(46-56-58(52,53)55-6-3)57-49(51)44-42-40-38-36-34-32-30-28-26-24-22-20-18-16-14-12-10-8-5-2/h7-10,13-16,19-22,25-28,32,34,38,40,47H,4-6,11-12,17-18,23-24,29-31,33,35-37,39,41-46H2,1-3H3,(H,52,53)/b9-7-,10-8-,15-13-,16-14-,21-19-,22-20-,27-25-,28-26-,34-32-,40-38-. The van der Waals surface area contributed by atoms with E-state index in [0.717, 1.165) is 103 Å². The summed E-state index contributed by atoms with van der Waals surface area (Å²) in [6.45, 7) is 5.12. The van der Waals surface area contributed by atoms with Crippen molar-refractivity contribution in [3.63, 3.8) is 0 Å². The van der Waals surface area contributed by atoms with E-state index < -0.39 is 32.5 Å². The third-order valence-electron chi connectivity index (χ3n) is 8.28. The van der Waals surface area contributed by atoms with Crippen LogP contribution in [0.4, 0.5) is 0 Å². The molecule has 0 heterocycles. The molecule has 0 fully saturated rings. The van der Waals surface area contributed by atoms with Gasteiger partial charge in [-0.15, -0.1) is 0 Å². The van der Waals surface area contributed by atoms with E-state index in [-0.39, 0.29) is 26.1 Å². The summed E-state index contributed by atoms with van der Waals surface area (Å²) in [6.07, 6.45) is 59.8. The molecule has 0 aromatic heterocycles. The van der Waals surface area contributed by atoms with Crippen molar-refractivity contribution in [1.29, 1.82) is 0 Å². The molecule has 0 aromatic carbocycles. The Bertz CT molecular complexity index is 1350. The average Bonchev–Trinajstić information content (AvgIpc) is 3.20. The number of allylic oxidation sites excluding steroid dienone is 20. The second-order valence-electron chi connectivity index (χ2n) is 13.6. The fraction of sp³-hybridized carbons (Fsp3) is 0.551. The minimum atomic E-state index is -4.32. The lowest BCUT2D eigenvalue weighted by atomic mass is 10.1. The summed E-state index contributed by atoms with van der Waals surface area (Å²) in [7, 11) is -4.32. The predicted octanol–water partition coefficient (Wildman–Crippen LogP) is 14.0. The third-order valence-corrected chi connectivity index (χ3v) is 9.34. The van der Waals surface area contributed by atoms with Gasteiger partial charge in [0.25, 0.3) is 0 Å². The average molecular weight is 825 g/mol. The Morgan fingerprint density at radius 1 is 0.466 bits per heavy atom. The number of phosphoric acid groups is 1. The van der Waals surface area contributed by atoms with Crippen LogP contribution >= 0.6 is 7.82 Å². The van der Waals surface area contributed by atoms with Gasteiger partial charge in [-0.25, -0.2) is 4.57 Å². The molecular formula is C49H77O8P. The highest BCUT2D eigenvalue weighted by molar-refractivity contribution is 7.47. The van der Waals surface area contributed by atoms with Gasteiger partial charge in [0.05, 0.1) is 13.2 Å². The monoisotopic (exact) mass is 825 g/mol. The SMILES string of the molecule is CC/C=C\C/C=C\C/C=C\C/C=C\C/C=C\C/C=C\CCC(=O)OC(COC(=O)CCCCCCCC/C=C\C/C=C\C/C=C\C/C=C\CC)COP(=O)(O)OCC. The normalized spacial score (nSPS) is 14.5. The Kier molecular flexibility index (Phi) is 40.4. The van der Waals surface area contributed by atoms with Crippen molar-refractivity contribution in [3.8, 4) is 0 Å². The van der Waals surface area contributed by atoms with Gasteiger partial charge in [0, 0.05) is 12.8 Å². The molecule has 0 aliphatic carbocycles. The number of rotatable bonds is 38. The van der Waals surface area contributed by atoms with Gasteiger partial charge < -0.3 is 14.4 Å². The van der Waals surface area contributed by atoms with E-state index in [1.54, 1.807) is 6.92 Å². The minimum absolute atomic E-state index is 0.0233. The third kappa shape index (κ3) is 42.1. The summed E-state index contributed by atoms with van der Waals surface area (Å²) in [5.41, 5.74) is 0. The van der Waals surface area contributed by atoms with Crippen LogP contribution in [0.3, 0.4) is 0 Å². The van der Waals surface area contributed by atoms with Crippen LogP contribution in [0.5, 0.6) is 0 Å². The van der Waals surface area contributed by atoms with Crippen molar-refractivity contribution in [2.45, 2.75) is 155 Å². The lowest BCUT2D eigenvalue weighted by Crippen LogP contribution is -2.29. The smallest absolute Gasteiger partial charge is 0.462 e. The largest absolute Gasteiger partial charge is 0.472 e. The number of phosphoric ester groups is 1. The number of esters is 2. The Morgan fingerprint density at radius 2 is 0.862 bits per heavy atom. The lowest BCUT2D eigenvalue weighted by molar-refractivity contribution is -0.161. The van der Waals surface area contributed by atoms with Crippen LogP contribution in [0, 0.1) is 0 Å². The van der Waals surface area contributed by atoms with E-state index in [1.807, 2.05) is 12.2 Å². The maximum atomic E-state index is 12.5. The van der Waals surface area contributed by atoms with Gasteiger partial charge >= 0.3 is 19.8 Å². The summed E-state index contributed by atoms with van der Waals surface area (Å²) in [5, 5.41) is 0. The minimum Gasteiger partial charge on any atom is -0.462 e. The van der Waals surface area contributed by atoms with Crippen LogP contribution in [-0.4, -0.2) is 42.8 Å². The summed E-state index contributed by atoms with van der Waals surface area (Å²) in [4.78, 5) is 34.7. The van der Waals surface area contributed by atoms with Crippen molar-refractivity contribution >= 4 is 19.8 Å². The molecule has 1 N–H and O–H groups in total. The molecule has 9 heteroatoms. The number of carbonyl (C=O) groups excluding carboxylic acids is 2. The van der Waals surface area contributed by atoms with E-state index >= 15 is 0 Å². The van der Waals surface area contributed by atoms with Crippen LogP contribution < -0.4 is 0 Å². The zero-order chi connectivity index (χ0) is 42.5. The zero-order valence-corrected chi connectivity index (χ0v) is 37.0. The van der Waals surface area contributed by atoms with Crippen LogP contribution in [0.2, 0.25) is 0 Å². The molecule has 0 aromatic rings. The molecule has 0 saturated carbocycles. The van der Waals surface area contributed by atoms with Gasteiger partial charge in [-0.05, 0) is 96.8 Å². The Hall–Kier alpha value is -3.55. The first kappa shape index (κ1) is 54.5. The first-order valence-corrected chi connectivity index (χ1v) is 23.3. The summed E-state index contributed by atoms with van der Waals surface area (Å²) in [6, 6.07) is 0. The van der Waals surface area contributed by atoms with Crippen molar-refractivity contribution in [2.24, 2.45) is 0 Å². The first-order chi connectivity index (χ1) is 28.3. The van der Waals surface area contributed by atoms with Gasteiger partial charge in [-0.1, -0.05) is 161 Å². The number of hydrogen-bond donors (Lipinski definition) is 1. The topological polar surface area (TPSA) is 108 Å². The van der Waals surface area contributed by atoms with Gasteiger partial charge in [-0.3, -0.25) is 18.6 Å². The van der Waals surface area contributed by atoms with Crippen molar-refractivity contribution in [3.05, 3.63) is 122 Å². The summed E-state index contributed by atoms with van der Waals surface area (Å²) >= 11 is 0. The highest BCUT2D eigenvalue weighted by atomic mass is 31.2. The molecule has 2 unspecified atom stereocenters. The van der Waals surface area contributed by atoms with E-state index in [0.29, 0.717) is 12.8 Å². The maximum Gasteiger partial charge on any atom is 0.472 e. The van der Waals surface area contributed by atoms with Gasteiger partial charge in [-0.2, -0.15) is 0 Å². The summed E-state index contributed by atoms with van der Waals surface area (Å²) in [5.74, 6) is -0.925. The Morgan fingerprint density at radius 3 is 1.31 bits per heavy atom. The molecule has 0 amide bonds. The molecule has 0 spiro atoms. The Balaban J connectivity index is 4.26. The second-order valence-corrected chi connectivity index (χ2v) is 15.0. The number of carbonyl (C=O) groups is 2. The molecule has 0 aliphatic rings. The van der Waals surface area contributed by atoms with Crippen LogP contribution in [0.1, 0.15) is 149 Å². The van der Waals surface area contributed by atoms with Crippen molar-refractivity contribution in [2.75, 3.05) is 19.8 Å². The number of ether oxygens (including phenoxy) is 2. The molecule has 0 saturated heterocycles. The molecule has 326 valence electrons. The first-order valence-electron chi connectivity index (χ1n) is 21.8. The maximum absolute atomic E-state index is 12.5. The zero-order valence-electron chi connectivity index (χ0n) is 36.1. The van der Waals surface area contributed by atoms with E-state index in [2.05, 4.69) is 123 Å². The van der Waals surface area contributed by atoms with Gasteiger partial charge in [0.1, 0.15) is 6.61 Å². The van der Waals surface area contributed by atoms with Crippen LogP contribution in [-0.2, 0) is 32.7 Å². The van der Waals surface area contributed by atoms with Crippen molar-refractivity contribution in [1.82, 2.24) is 0 Å². The number of hydrogen-bond acceptors (Lipinski definition) is 7. The van der Waals surface area contributed by atoms with Gasteiger partial charge in [0.15, 0.2) is 6.10 Å². The molecule has 0 rings (SSSR count). The molecule has 2 atom stereocenters. The Labute approximate surface area is 352 Å². The van der Waals surface area contributed by atoms with E-state index in [9.17, 15) is 19.0 Å². The van der Waals surface area contributed by atoms with Crippen molar-refractivity contribution < 1.29 is 37.6 Å². The van der Waals surface area contributed by atoms with E-state index in [4.69, 9.17) is 18.5 Å². The molecule has 58 heavy (non-hydrogen) atoms. The van der Waals surface area contributed by atoms with Gasteiger partial charge in [0.2, 0.25) is 0 Å². The molecule has 8 nitrogen and oxygen atoms in total. The molecule has 0 bridgehead atoms. The predicted molar refractivity (Wildman–Crippen MR) is 243 cm³/mol. The molecular weight excluding hydrogens is 748 g/mol. The molecule has 0 radical (unpaired) electrons. The highest BCUT2D eigenvalue weighted by Crippen LogP contribution is 2.43. The fourth-order valence-corrected chi connectivity index (χ4v) is 5.93. The highest BCUT2D eigenvalue weighted by Gasteiger charge is 2.25. The van der Waals surface area contributed by atoms with Crippen LogP contribution in [0.15, 0.2) is 122 Å². The fourth-order valence-electron chi connectivity index (χ4n) is 5.17.